The molecule has 0 aromatic heterocycles. The summed E-state index contributed by atoms with van der Waals surface area (Å²) in [6, 6.07) is 5.28. The first kappa shape index (κ1) is 11.5. The molecular weight excluding hydrogens is 219 g/mol. The van der Waals surface area contributed by atoms with Gasteiger partial charge in [0.15, 0.2) is 0 Å². The maximum Gasteiger partial charge on any atom is 0.139 e. The van der Waals surface area contributed by atoms with E-state index < -0.39 is 0 Å². The maximum atomic E-state index is 11.5. The smallest absolute Gasteiger partial charge is 0.139 e. The normalized spacial score (nSPS) is 12.6. The van der Waals surface area contributed by atoms with E-state index in [1.54, 1.807) is 18.2 Å². The zero-order valence-electron chi connectivity index (χ0n) is 8.18. The Hall–Kier alpha value is -0.530. The third-order valence-corrected chi connectivity index (χ3v) is 2.92. The minimum atomic E-state index is -0.221. The highest BCUT2D eigenvalue weighted by Gasteiger charge is 2.18. The van der Waals surface area contributed by atoms with Gasteiger partial charge in [0, 0.05) is 22.4 Å². The van der Waals surface area contributed by atoms with Crippen molar-refractivity contribution in [3.05, 3.63) is 33.8 Å². The molecule has 1 nitrogen and oxygen atoms in total. The standard InChI is InChI=1S/C11H12Cl2O/c1-3-10(14)7(2)11-8(12)5-4-6-9(11)13/h4-7H,3H2,1-2H3. The summed E-state index contributed by atoms with van der Waals surface area (Å²) in [7, 11) is 0. The molecule has 76 valence electrons. The Morgan fingerprint density at radius 1 is 1.36 bits per heavy atom. The molecule has 3 heteroatoms. The van der Waals surface area contributed by atoms with Crippen molar-refractivity contribution in [1.29, 1.82) is 0 Å². The van der Waals surface area contributed by atoms with E-state index in [0.717, 1.165) is 5.56 Å². The van der Waals surface area contributed by atoms with Gasteiger partial charge in [-0.3, -0.25) is 4.79 Å². The first-order chi connectivity index (χ1) is 6.57. The van der Waals surface area contributed by atoms with Crippen LogP contribution < -0.4 is 0 Å². The Balaban J connectivity index is 3.11. The van der Waals surface area contributed by atoms with Gasteiger partial charge in [0.05, 0.1) is 0 Å². The van der Waals surface area contributed by atoms with Gasteiger partial charge in [-0.25, -0.2) is 0 Å². The van der Waals surface area contributed by atoms with Crippen molar-refractivity contribution in [3.63, 3.8) is 0 Å². The number of ketones is 1. The highest BCUT2D eigenvalue weighted by atomic mass is 35.5. The molecule has 0 amide bonds. The molecule has 0 bridgehead atoms. The monoisotopic (exact) mass is 230 g/mol. The van der Waals surface area contributed by atoms with E-state index in [1.165, 1.54) is 0 Å². The van der Waals surface area contributed by atoms with Gasteiger partial charge in [0.2, 0.25) is 0 Å². The summed E-state index contributed by atoms with van der Waals surface area (Å²) in [5.41, 5.74) is 0.739. The quantitative estimate of drug-likeness (QED) is 0.766. The second-order valence-electron chi connectivity index (χ2n) is 3.18. The van der Waals surface area contributed by atoms with E-state index in [4.69, 9.17) is 23.2 Å². The molecule has 0 aliphatic carbocycles. The Morgan fingerprint density at radius 3 is 2.29 bits per heavy atom. The van der Waals surface area contributed by atoms with E-state index in [0.29, 0.717) is 16.5 Å². The Labute approximate surface area is 94.0 Å². The van der Waals surface area contributed by atoms with Gasteiger partial charge in [-0.05, 0) is 17.7 Å². The van der Waals surface area contributed by atoms with Gasteiger partial charge in [-0.15, -0.1) is 0 Å². The summed E-state index contributed by atoms with van der Waals surface area (Å²) in [4.78, 5) is 11.5. The molecule has 0 spiro atoms. The van der Waals surface area contributed by atoms with E-state index in [-0.39, 0.29) is 11.7 Å². The second-order valence-corrected chi connectivity index (χ2v) is 3.99. The number of halogens is 2. The average molecular weight is 231 g/mol. The summed E-state index contributed by atoms with van der Waals surface area (Å²) >= 11 is 12.0. The van der Waals surface area contributed by atoms with Gasteiger partial charge < -0.3 is 0 Å². The lowest BCUT2D eigenvalue weighted by Crippen LogP contribution is -2.08. The van der Waals surface area contributed by atoms with Gasteiger partial charge in [0.1, 0.15) is 5.78 Å². The van der Waals surface area contributed by atoms with Crippen LogP contribution in [0.25, 0.3) is 0 Å². The van der Waals surface area contributed by atoms with Crippen LogP contribution in [-0.2, 0) is 4.79 Å². The molecule has 1 aromatic carbocycles. The fourth-order valence-electron chi connectivity index (χ4n) is 1.39. The van der Waals surface area contributed by atoms with Crippen LogP contribution >= 0.6 is 23.2 Å². The highest BCUT2D eigenvalue weighted by Crippen LogP contribution is 2.32. The SMILES string of the molecule is CCC(=O)C(C)c1c(Cl)cccc1Cl. The zero-order valence-corrected chi connectivity index (χ0v) is 9.69. The molecule has 14 heavy (non-hydrogen) atoms. The van der Waals surface area contributed by atoms with Crippen molar-refractivity contribution in [2.24, 2.45) is 0 Å². The van der Waals surface area contributed by atoms with Crippen LogP contribution in [0.3, 0.4) is 0 Å². The molecule has 1 rings (SSSR count). The number of carbonyl (C=O) groups is 1. The number of hydrogen-bond acceptors (Lipinski definition) is 1. The van der Waals surface area contributed by atoms with E-state index >= 15 is 0 Å². The lowest BCUT2D eigenvalue weighted by Gasteiger charge is -2.13. The van der Waals surface area contributed by atoms with Crippen LogP contribution in [0.1, 0.15) is 31.7 Å². The molecule has 0 saturated carbocycles. The maximum absolute atomic E-state index is 11.5. The van der Waals surface area contributed by atoms with Gasteiger partial charge in [0.25, 0.3) is 0 Å². The molecule has 0 radical (unpaired) electrons. The zero-order chi connectivity index (χ0) is 10.7. The minimum absolute atomic E-state index is 0.153. The molecule has 0 N–H and O–H groups in total. The van der Waals surface area contributed by atoms with Crippen molar-refractivity contribution in [2.45, 2.75) is 26.2 Å². The highest BCUT2D eigenvalue weighted by molar-refractivity contribution is 6.36. The summed E-state index contributed by atoms with van der Waals surface area (Å²) in [6.07, 6.45) is 0.503. The molecule has 0 aliphatic heterocycles. The van der Waals surface area contributed by atoms with Crippen molar-refractivity contribution >= 4 is 29.0 Å². The Morgan fingerprint density at radius 2 is 1.86 bits per heavy atom. The number of benzene rings is 1. The summed E-state index contributed by atoms with van der Waals surface area (Å²) < 4.78 is 0. The molecule has 1 unspecified atom stereocenters. The van der Waals surface area contributed by atoms with E-state index in [2.05, 4.69) is 0 Å². The minimum Gasteiger partial charge on any atom is -0.299 e. The van der Waals surface area contributed by atoms with Crippen LogP contribution in [0.15, 0.2) is 18.2 Å². The van der Waals surface area contributed by atoms with Gasteiger partial charge >= 0.3 is 0 Å². The number of Topliss-reactive ketones (excluding diaryl/α,β-unsaturated/α-hetero) is 1. The van der Waals surface area contributed by atoms with Crippen LogP contribution in [0.4, 0.5) is 0 Å². The predicted molar refractivity (Wildman–Crippen MR) is 60.2 cm³/mol. The average Bonchev–Trinajstić information content (AvgIpc) is 2.16. The van der Waals surface area contributed by atoms with E-state index in [9.17, 15) is 4.79 Å². The Bertz CT molecular complexity index is 327. The number of hydrogen-bond donors (Lipinski definition) is 0. The molecule has 0 fully saturated rings. The fraction of sp³-hybridized carbons (Fsp3) is 0.364. The Kier molecular flexibility index (Phi) is 3.97. The number of rotatable bonds is 3. The molecule has 1 atom stereocenters. The van der Waals surface area contributed by atoms with Crippen molar-refractivity contribution in [1.82, 2.24) is 0 Å². The number of carbonyl (C=O) groups excluding carboxylic acids is 1. The predicted octanol–water partition coefficient (Wildman–Crippen LogP) is 4.08. The molecule has 0 heterocycles. The first-order valence-electron chi connectivity index (χ1n) is 4.54. The summed E-state index contributed by atoms with van der Waals surface area (Å²) in [5.74, 6) is -0.0683. The third-order valence-electron chi connectivity index (χ3n) is 2.26. The van der Waals surface area contributed by atoms with Crippen LogP contribution in [-0.4, -0.2) is 5.78 Å². The first-order valence-corrected chi connectivity index (χ1v) is 5.30. The lowest BCUT2D eigenvalue weighted by molar-refractivity contribution is -0.119. The van der Waals surface area contributed by atoms with Crippen LogP contribution in [0.5, 0.6) is 0 Å². The molecular formula is C11H12Cl2O. The second kappa shape index (κ2) is 4.81. The molecule has 0 aliphatic rings. The molecule has 0 saturated heterocycles. The van der Waals surface area contributed by atoms with Crippen LogP contribution in [0.2, 0.25) is 10.0 Å². The van der Waals surface area contributed by atoms with Crippen LogP contribution in [0, 0.1) is 0 Å². The van der Waals surface area contributed by atoms with Crippen molar-refractivity contribution in [2.75, 3.05) is 0 Å². The fourth-order valence-corrected chi connectivity index (χ4v) is 2.12. The third kappa shape index (κ3) is 2.28. The van der Waals surface area contributed by atoms with Gasteiger partial charge in [-0.2, -0.15) is 0 Å². The van der Waals surface area contributed by atoms with Gasteiger partial charge in [-0.1, -0.05) is 43.1 Å². The largest absolute Gasteiger partial charge is 0.299 e. The van der Waals surface area contributed by atoms with Crippen molar-refractivity contribution in [3.8, 4) is 0 Å². The van der Waals surface area contributed by atoms with Crippen molar-refractivity contribution < 1.29 is 4.79 Å². The molecule has 1 aromatic rings. The summed E-state index contributed by atoms with van der Waals surface area (Å²) in [6.45, 7) is 3.67. The summed E-state index contributed by atoms with van der Waals surface area (Å²) in [5, 5.41) is 1.12. The van der Waals surface area contributed by atoms with E-state index in [1.807, 2.05) is 13.8 Å². The lowest BCUT2D eigenvalue weighted by atomic mass is 9.95. The topological polar surface area (TPSA) is 17.1 Å².